The Hall–Kier alpha value is -2.55. The van der Waals surface area contributed by atoms with Gasteiger partial charge in [0.1, 0.15) is 9.88 Å². The molecule has 8 heteroatoms. The van der Waals surface area contributed by atoms with Crippen LogP contribution in [0.25, 0.3) is 10.4 Å². The summed E-state index contributed by atoms with van der Waals surface area (Å²) in [6.45, 7) is 12.2. The summed E-state index contributed by atoms with van der Waals surface area (Å²) in [4.78, 5) is 34.8. The number of rotatable bonds is 4. The fourth-order valence-corrected chi connectivity index (χ4v) is 5.95. The predicted octanol–water partition coefficient (Wildman–Crippen LogP) is 5.51. The number of thiophene rings is 1. The van der Waals surface area contributed by atoms with E-state index in [-0.39, 0.29) is 17.2 Å². The molecule has 3 aromatic rings. The number of nitrogens with zero attached hydrogens (tertiary/aromatic N) is 2. The highest BCUT2D eigenvalue weighted by atomic mass is 32.1. The Balaban J connectivity index is 1.73. The molecule has 4 rings (SSSR count). The van der Waals surface area contributed by atoms with Gasteiger partial charge in [-0.2, -0.15) is 0 Å². The first kappa shape index (κ1) is 23.6. The quantitative estimate of drug-likeness (QED) is 0.531. The molecule has 2 amide bonds. The van der Waals surface area contributed by atoms with Crippen molar-refractivity contribution in [2.75, 3.05) is 31.6 Å². The van der Waals surface area contributed by atoms with E-state index in [2.05, 4.69) is 31.1 Å². The molecule has 33 heavy (non-hydrogen) atoms. The molecule has 174 valence electrons. The minimum absolute atomic E-state index is 0.0686. The third kappa shape index (κ3) is 4.88. The van der Waals surface area contributed by atoms with Crippen LogP contribution in [0.1, 0.15) is 57.1 Å². The van der Waals surface area contributed by atoms with Crippen LogP contribution in [0.3, 0.4) is 0 Å². The lowest BCUT2D eigenvalue weighted by atomic mass is 9.98. The molecule has 1 N–H and O–H groups in total. The predicted molar refractivity (Wildman–Crippen MR) is 135 cm³/mol. The Morgan fingerprint density at radius 2 is 1.73 bits per heavy atom. The van der Waals surface area contributed by atoms with E-state index in [0.29, 0.717) is 47.4 Å². The SMILES string of the molecule is Cc1nc(C(C)(C)C)sc1C(=O)Nc1sc(-c2ccccc2)c(C)c1C(=O)N1CCOCC1. The van der Waals surface area contributed by atoms with Gasteiger partial charge in [0.15, 0.2) is 0 Å². The van der Waals surface area contributed by atoms with Crippen LogP contribution in [0.15, 0.2) is 30.3 Å². The minimum Gasteiger partial charge on any atom is -0.378 e. The second-order valence-corrected chi connectivity index (χ2v) is 11.2. The van der Waals surface area contributed by atoms with E-state index in [1.165, 1.54) is 22.7 Å². The summed E-state index contributed by atoms with van der Waals surface area (Å²) in [6.07, 6.45) is 0. The molecule has 0 unspecified atom stereocenters. The Labute approximate surface area is 202 Å². The average Bonchev–Trinajstić information content (AvgIpc) is 3.34. The van der Waals surface area contributed by atoms with E-state index < -0.39 is 0 Å². The van der Waals surface area contributed by atoms with E-state index in [0.717, 1.165) is 21.0 Å². The summed E-state index contributed by atoms with van der Waals surface area (Å²) >= 11 is 2.86. The molecule has 1 aliphatic rings. The number of aromatic nitrogens is 1. The molecule has 0 bridgehead atoms. The van der Waals surface area contributed by atoms with Gasteiger partial charge in [0.25, 0.3) is 11.8 Å². The normalized spacial score (nSPS) is 14.4. The Kier molecular flexibility index (Phi) is 6.70. The average molecular weight is 484 g/mol. The van der Waals surface area contributed by atoms with Gasteiger partial charge in [0.2, 0.25) is 0 Å². The van der Waals surface area contributed by atoms with Gasteiger partial charge in [-0.05, 0) is 25.0 Å². The van der Waals surface area contributed by atoms with Crippen molar-refractivity contribution >= 4 is 39.5 Å². The molecule has 1 fully saturated rings. The Morgan fingerprint density at radius 1 is 1.06 bits per heavy atom. The smallest absolute Gasteiger partial charge is 0.268 e. The first-order chi connectivity index (χ1) is 15.7. The largest absolute Gasteiger partial charge is 0.378 e. The van der Waals surface area contributed by atoms with Gasteiger partial charge in [-0.25, -0.2) is 4.98 Å². The maximum Gasteiger partial charge on any atom is 0.268 e. The topological polar surface area (TPSA) is 71.5 Å². The number of carbonyl (C=O) groups excluding carboxylic acids is 2. The van der Waals surface area contributed by atoms with Crippen LogP contribution in [0.4, 0.5) is 5.00 Å². The van der Waals surface area contributed by atoms with Crippen LogP contribution >= 0.6 is 22.7 Å². The number of carbonyl (C=O) groups is 2. The van der Waals surface area contributed by atoms with Crippen molar-refractivity contribution in [1.29, 1.82) is 0 Å². The number of thiazole rings is 1. The molecule has 1 aliphatic heterocycles. The highest BCUT2D eigenvalue weighted by molar-refractivity contribution is 7.20. The summed E-state index contributed by atoms with van der Waals surface area (Å²) < 4.78 is 5.42. The van der Waals surface area contributed by atoms with Crippen LogP contribution < -0.4 is 5.32 Å². The van der Waals surface area contributed by atoms with Crippen LogP contribution in [0, 0.1) is 13.8 Å². The second kappa shape index (κ2) is 9.37. The highest BCUT2D eigenvalue weighted by Gasteiger charge is 2.29. The molecule has 1 saturated heterocycles. The molecule has 0 saturated carbocycles. The number of nitrogens with one attached hydrogen (secondary N) is 1. The molecular formula is C25H29N3O3S2. The van der Waals surface area contributed by atoms with E-state index >= 15 is 0 Å². The van der Waals surface area contributed by atoms with Gasteiger partial charge < -0.3 is 15.0 Å². The summed E-state index contributed by atoms with van der Waals surface area (Å²) in [5.74, 6) is -0.293. The first-order valence-corrected chi connectivity index (χ1v) is 12.6. The second-order valence-electron chi connectivity index (χ2n) is 9.17. The molecule has 1 aromatic carbocycles. The van der Waals surface area contributed by atoms with Crippen molar-refractivity contribution in [2.45, 2.75) is 40.0 Å². The number of aryl methyl sites for hydroxylation is 1. The van der Waals surface area contributed by atoms with Gasteiger partial charge in [-0.15, -0.1) is 22.7 Å². The number of morpholine rings is 1. The summed E-state index contributed by atoms with van der Waals surface area (Å²) in [6, 6.07) is 9.97. The molecule has 0 radical (unpaired) electrons. The standard InChI is InChI=1S/C25H29N3O3S2/c1-15-18(23(30)28-11-13-31-14-12-28)22(32-19(15)17-9-7-6-8-10-17)27-21(29)20-16(2)26-24(33-20)25(3,4)5/h6-10H,11-14H2,1-5H3,(H,27,29). The monoisotopic (exact) mass is 483 g/mol. The number of ether oxygens (including phenoxy) is 1. The Bertz CT molecular complexity index is 1170. The third-order valence-electron chi connectivity index (χ3n) is 5.57. The van der Waals surface area contributed by atoms with Crippen molar-refractivity contribution in [3.63, 3.8) is 0 Å². The van der Waals surface area contributed by atoms with Crippen molar-refractivity contribution in [2.24, 2.45) is 0 Å². The maximum absolute atomic E-state index is 13.5. The van der Waals surface area contributed by atoms with Crippen molar-refractivity contribution in [3.8, 4) is 10.4 Å². The minimum atomic E-state index is -0.225. The van der Waals surface area contributed by atoms with Crippen molar-refractivity contribution in [1.82, 2.24) is 9.88 Å². The van der Waals surface area contributed by atoms with Gasteiger partial charge >= 0.3 is 0 Å². The van der Waals surface area contributed by atoms with Gasteiger partial charge in [0, 0.05) is 23.4 Å². The zero-order valence-electron chi connectivity index (χ0n) is 19.7. The van der Waals surface area contributed by atoms with Crippen LogP contribution in [-0.4, -0.2) is 48.0 Å². The van der Waals surface area contributed by atoms with Crippen LogP contribution in [0.5, 0.6) is 0 Å². The molecule has 0 aliphatic carbocycles. The van der Waals surface area contributed by atoms with Gasteiger partial charge in [-0.1, -0.05) is 51.1 Å². The summed E-state index contributed by atoms with van der Waals surface area (Å²) in [7, 11) is 0. The fourth-order valence-electron chi connectivity index (χ4n) is 3.74. The zero-order valence-corrected chi connectivity index (χ0v) is 21.3. The molecule has 2 aromatic heterocycles. The van der Waals surface area contributed by atoms with Crippen LogP contribution in [-0.2, 0) is 10.2 Å². The number of amides is 2. The lowest BCUT2D eigenvalue weighted by Gasteiger charge is -2.27. The summed E-state index contributed by atoms with van der Waals surface area (Å²) in [5.41, 5.74) is 3.05. The van der Waals surface area contributed by atoms with E-state index in [1.807, 2.05) is 44.2 Å². The number of hydrogen-bond donors (Lipinski definition) is 1. The molecule has 6 nitrogen and oxygen atoms in total. The van der Waals surface area contributed by atoms with E-state index in [1.54, 1.807) is 4.90 Å². The number of hydrogen-bond acceptors (Lipinski definition) is 6. The number of benzene rings is 1. The maximum atomic E-state index is 13.5. The fraction of sp³-hybridized carbons (Fsp3) is 0.400. The molecule has 3 heterocycles. The number of anilines is 1. The van der Waals surface area contributed by atoms with Crippen molar-refractivity contribution in [3.05, 3.63) is 57.0 Å². The molecule has 0 spiro atoms. The Morgan fingerprint density at radius 3 is 2.33 bits per heavy atom. The van der Waals surface area contributed by atoms with Gasteiger partial charge in [-0.3, -0.25) is 9.59 Å². The molecular weight excluding hydrogens is 454 g/mol. The highest BCUT2D eigenvalue weighted by Crippen LogP contribution is 2.41. The third-order valence-corrected chi connectivity index (χ3v) is 8.40. The van der Waals surface area contributed by atoms with Gasteiger partial charge in [0.05, 0.1) is 29.5 Å². The first-order valence-electron chi connectivity index (χ1n) is 11.0. The lowest BCUT2D eigenvalue weighted by Crippen LogP contribution is -2.41. The molecule has 0 atom stereocenters. The van der Waals surface area contributed by atoms with Crippen molar-refractivity contribution < 1.29 is 14.3 Å². The van der Waals surface area contributed by atoms with E-state index in [9.17, 15) is 9.59 Å². The summed E-state index contributed by atoms with van der Waals surface area (Å²) in [5, 5.41) is 4.55. The zero-order chi connectivity index (χ0) is 23.8. The lowest BCUT2D eigenvalue weighted by molar-refractivity contribution is 0.0303. The van der Waals surface area contributed by atoms with E-state index in [4.69, 9.17) is 4.74 Å². The van der Waals surface area contributed by atoms with Crippen LogP contribution in [0.2, 0.25) is 0 Å².